The Bertz CT molecular complexity index is 742. The standard InChI is InChI=1S/C19H20N2O4/c22-19(20-13-7-2-8-14-20)18(15-9-3-1-4-10-15)25-17-12-6-5-11-16(17)21(23)24/h1,3-6,9-12,18H,2,7-8,13-14H2/t18-/m1/s1. The van der Waals surface area contributed by atoms with Gasteiger partial charge in [0.1, 0.15) is 0 Å². The lowest BCUT2D eigenvalue weighted by Gasteiger charge is -2.30. The molecule has 0 aliphatic carbocycles. The summed E-state index contributed by atoms with van der Waals surface area (Å²) in [5.41, 5.74) is 0.547. The van der Waals surface area contributed by atoms with E-state index < -0.39 is 11.0 Å². The van der Waals surface area contributed by atoms with Crippen LogP contribution in [0.15, 0.2) is 54.6 Å². The first kappa shape index (κ1) is 17.0. The van der Waals surface area contributed by atoms with Crippen molar-refractivity contribution in [2.45, 2.75) is 25.4 Å². The van der Waals surface area contributed by atoms with Gasteiger partial charge in [-0.05, 0) is 25.3 Å². The minimum absolute atomic E-state index is 0.103. The third-order valence-electron chi connectivity index (χ3n) is 4.30. The second kappa shape index (κ2) is 7.79. The molecule has 1 fully saturated rings. The number of nitro groups is 1. The van der Waals surface area contributed by atoms with Crippen LogP contribution in [0.25, 0.3) is 0 Å². The highest BCUT2D eigenvalue weighted by Gasteiger charge is 2.30. The van der Waals surface area contributed by atoms with E-state index in [2.05, 4.69) is 0 Å². The predicted octanol–water partition coefficient (Wildman–Crippen LogP) is 3.73. The molecule has 1 aliphatic rings. The van der Waals surface area contributed by atoms with E-state index in [-0.39, 0.29) is 17.3 Å². The molecule has 0 radical (unpaired) electrons. The van der Waals surface area contributed by atoms with Crippen molar-refractivity contribution >= 4 is 11.6 Å². The van der Waals surface area contributed by atoms with Crippen molar-refractivity contribution < 1.29 is 14.5 Å². The molecule has 1 heterocycles. The molecule has 2 aromatic carbocycles. The molecule has 6 nitrogen and oxygen atoms in total. The van der Waals surface area contributed by atoms with Crippen LogP contribution in [0, 0.1) is 10.1 Å². The largest absolute Gasteiger partial charge is 0.469 e. The molecular weight excluding hydrogens is 320 g/mol. The highest BCUT2D eigenvalue weighted by Crippen LogP contribution is 2.32. The normalized spacial score (nSPS) is 15.4. The average Bonchev–Trinajstić information content (AvgIpc) is 2.67. The molecule has 0 saturated carbocycles. The fourth-order valence-corrected chi connectivity index (χ4v) is 3.00. The molecule has 0 N–H and O–H groups in total. The molecule has 0 unspecified atom stereocenters. The lowest BCUT2D eigenvalue weighted by molar-refractivity contribution is -0.386. The lowest BCUT2D eigenvalue weighted by Crippen LogP contribution is -2.40. The van der Waals surface area contributed by atoms with Crippen molar-refractivity contribution in [2.24, 2.45) is 0 Å². The molecule has 1 atom stereocenters. The molecular formula is C19H20N2O4. The molecule has 1 saturated heterocycles. The number of ether oxygens (including phenoxy) is 1. The van der Waals surface area contributed by atoms with Crippen LogP contribution < -0.4 is 4.74 Å². The summed E-state index contributed by atoms with van der Waals surface area (Å²) >= 11 is 0. The Labute approximate surface area is 146 Å². The van der Waals surface area contributed by atoms with Crippen LogP contribution in [0.4, 0.5) is 5.69 Å². The van der Waals surface area contributed by atoms with Gasteiger partial charge in [-0.1, -0.05) is 42.5 Å². The number of hydrogen-bond acceptors (Lipinski definition) is 4. The highest BCUT2D eigenvalue weighted by molar-refractivity contribution is 5.83. The Morgan fingerprint density at radius 2 is 1.64 bits per heavy atom. The summed E-state index contributed by atoms with van der Waals surface area (Å²) in [5.74, 6) is -0.0456. The molecule has 1 amide bonds. The molecule has 0 aromatic heterocycles. The number of amides is 1. The smallest absolute Gasteiger partial charge is 0.310 e. The molecule has 6 heteroatoms. The fraction of sp³-hybridized carbons (Fsp3) is 0.316. The van der Waals surface area contributed by atoms with E-state index in [0.717, 1.165) is 19.3 Å². The zero-order chi connectivity index (χ0) is 17.6. The molecule has 0 bridgehead atoms. The first-order chi connectivity index (χ1) is 12.2. The van der Waals surface area contributed by atoms with Crippen LogP contribution in [-0.2, 0) is 4.79 Å². The minimum Gasteiger partial charge on any atom is -0.469 e. The minimum atomic E-state index is -0.889. The van der Waals surface area contributed by atoms with Crippen molar-refractivity contribution in [3.8, 4) is 5.75 Å². The number of nitro benzene ring substituents is 1. The Hall–Kier alpha value is -2.89. The highest BCUT2D eigenvalue weighted by atomic mass is 16.6. The van der Waals surface area contributed by atoms with Gasteiger partial charge in [0.15, 0.2) is 5.75 Å². The van der Waals surface area contributed by atoms with Crippen LogP contribution in [0.3, 0.4) is 0 Å². The van der Waals surface area contributed by atoms with Gasteiger partial charge in [0.2, 0.25) is 6.10 Å². The van der Waals surface area contributed by atoms with E-state index in [9.17, 15) is 14.9 Å². The van der Waals surface area contributed by atoms with Crippen molar-refractivity contribution in [1.82, 2.24) is 4.90 Å². The maximum atomic E-state index is 13.0. The number of carbonyl (C=O) groups is 1. The van der Waals surface area contributed by atoms with Gasteiger partial charge in [-0.3, -0.25) is 14.9 Å². The SMILES string of the molecule is O=C([C@H](Oc1ccccc1[N+](=O)[O-])c1ccccc1)N1CCCCC1. The number of rotatable bonds is 5. The number of carbonyl (C=O) groups excluding carboxylic acids is 1. The maximum absolute atomic E-state index is 13.0. The summed E-state index contributed by atoms with van der Waals surface area (Å²) in [6.45, 7) is 1.39. The number of likely N-dealkylation sites (tertiary alicyclic amines) is 1. The van der Waals surface area contributed by atoms with E-state index in [1.54, 1.807) is 29.2 Å². The average molecular weight is 340 g/mol. The van der Waals surface area contributed by atoms with Crippen molar-refractivity contribution in [2.75, 3.05) is 13.1 Å². The monoisotopic (exact) mass is 340 g/mol. The van der Waals surface area contributed by atoms with Gasteiger partial charge in [-0.2, -0.15) is 0 Å². The third-order valence-corrected chi connectivity index (χ3v) is 4.30. The number of piperidine rings is 1. The van der Waals surface area contributed by atoms with Gasteiger partial charge < -0.3 is 9.64 Å². The number of benzene rings is 2. The number of hydrogen-bond donors (Lipinski definition) is 0. The molecule has 3 rings (SSSR count). The summed E-state index contributed by atoms with van der Waals surface area (Å²) in [5, 5.41) is 11.2. The zero-order valence-electron chi connectivity index (χ0n) is 13.8. The fourth-order valence-electron chi connectivity index (χ4n) is 3.00. The van der Waals surface area contributed by atoms with Gasteiger partial charge in [-0.15, -0.1) is 0 Å². The topological polar surface area (TPSA) is 72.7 Å². The van der Waals surface area contributed by atoms with Crippen LogP contribution in [0.5, 0.6) is 5.75 Å². The lowest BCUT2D eigenvalue weighted by atomic mass is 10.1. The van der Waals surface area contributed by atoms with Crippen LogP contribution in [-0.4, -0.2) is 28.8 Å². The Morgan fingerprint density at radius 3 is 2.32 bits per heavy atom. The molecule has 2 aromatic rings. The second-order valence-electron chi connectivity index (χ2n) is 6.02. The zero-order valence-corrected chi connectivity index (χ0v) is 13.8. The van der Waals surface area contributed by atoms with Gasteiger partial charge in [0, 0.05) is 24.7 Å². The second-order valence-corrected chi connectivity index (χ2v) is 6.02. The van der Waals surface area contributed by atoms with E-state index in [1.807, 2.05) is 18.2 Å². The van der Waals surface area contributed by atoms with Gasteiger partial charge >= 0.3 is 5.69 Å². The molecule has 1 aliphatic heterocycles. The van der Waals surface area contributed by atoms with E-state index >= 15 is 0 Å². The molecule has 0 spiro atoms. The summed E-state index contributed by atoms with van der Waals surface area (Å²) in [7, 11) is 0. The Kier molecular flexibility index (Phi) is 5.28. The van der Waals surface area contributed by atoms with Crippen molar-refractivity contribution in [1.29, 1.82) is 0 Å². The maximum Gasteiger partial charge on any atom is 0.310 e. The summed E-state index contributed by atoms with van der Waals surface area (Å²) in [6.07, 6.45) is 2.17. The summed E-state index contributed by atoms with van der Waals surface area (Å²) in [4.78, 5) is 25.5. The summed E-state index contributed by atoms with van der Waals surface area (Å²) in [6, 6.07) is 15.3. The third kappa shape index (κ3) is 3.96. The van der Waals surface area contributed by atoms with E-state index in [1.165, 1.54) is 12.1 Å². The molecule has 130 valence electrons. The predicted molar refractivity (Wildman–Crippen MR) is 93.3 cm³/mol. The van der Waals surface area contributed by atoms with Crippen LogP contribution in [0.2, 0.25) is 0 Å². The summed E-state index contributed by atoms with van der Waals surface area (Å²) < 4.78 is 5.88. The van der Waals surface area contributed by atoms with E-state index in [4.69, 9.17) is 4.74 Å². The van der Waals surface area contributed by atoms with Gasteiger partial charge in [0.25, 0.3) is 5.91 Å². The quantitative estimate of drug-likeness (QED) is 0.614. The molecule has 25 heavy (non-hydrogen) atoms. The first-order valence-corrected chi connectivity index (χ1v) is 8.40. The van der Waals surface area contributed by atoms with Crippen LogP contribution in [0.1, 0.15) is 30.9 Å². The number of para-hydroxylation sites is 2. The van der Waals surface area contributed by atoms with Gasteiger partial charge in [0.05, 0.1) is 4.92 Å². The Balaban J connectivity index is 1.92. The van der Waals surface area contributed by atoms with E-state index in [0.29, 0.717) is 18.7 Å². The number of nitrogens with zero attached hydrogens (tertiary/aromatic N) is 2. The first-order valence-electron chi connectivity index (χ1n) is 8.40. The Morgan fingerprint density at radius 1 is 1.00 bits per heavy atom. The van der Waals surface area contributed by atoms with Crippen LogP contribution >= 0.6 is 0 Å². The van der Waals surface area contributed by atoms with Crippen molar-refractivity contribution in [3.05, 3.63) is 70.3 Å². The van der Waals surface area contributed by atoms with Gasteiger partial charge in [-0.25, -0.2) is 0 Å². The van der Waals surface area contributed by atoms with Crippen molar-refractivity contribution in [3.63, 3.8) is 0 Å².